The number of hydrogen-bond acceptors (Lipinski definition) is 2. The third-order valence-corrected chi connectivity index (χ3v) is 4.92. The highest BCUT2D eigenvalue weighted by Crippen LogP contribution is 2.44. The van der Waals surface area contributed by atoms with Crippen LogP contribution in [0, 0.1) is 5.92 Å². The standard InChI is InChI=1S/C16H21F3N2/c17-16(18,19)13-9-11(10-20)5-6-15(13)21-8-7-12-3-1-2-4-14(12)21/h5-6,9,12,14H,1-4,7-8,10,20H2. The van der Waals surface area contributed by atoms with Gasteiger partial charge in [0.2, 0.25) is 0 Å². The molecule has 1 aliphatic heterocycles. The van der Waals surface area contributed by atoms with Crippen molar-refractivity contribution in [2.24, 2.45) is 11.7 Å². The zero-order chi connectivity index (χ0) is 15.0. The van der Waals surface area contributed by atoms with Crippen molar-refractivity contribution in [3.63, 3.8) is 0 Å². The number of rotatable bonds is 2. The smallest absolute Gasteiger partial charge is 0.368 e. The fourth-order valence-electron chi connectivity index (χ4n) is 3.89. The van der Waals surface area contributed by atoms with Gasteiger partial charge in [-0.2, -0.15) is 13.2 Å². The number of benzene rings is 1. The van der Waals surface area contributed by atoms with Crippen molar-refractivity contribution in [2.75, 3.05) is 11.4 Å². The molecule has 5 heteroatoms. The molecule has 1 aromatic rings. The summed E-state index contributed by atoms with van der Waals surface area (Å²) < 4.78 is 40.1. The van der Waals surface area contributed by atoms with E-state index in [4.69, 9.17) is 5.73 Å². The van der Waals surface area contributed by atoms with Crippen LogP contribution in [0.5, 0.6) is 0 Å². The first-order valence-electron chi connectivity index (χ1n) is 7.67. The maximum absolute atomic E-state index is 13.4. The first-order valence-corrected chi connectivity index (χ1v) is 7.67. The third kappa shape index (κ3) is 2.76. The highest BCUT2D eigenvalue weighted by atomic mass is 19.4. The molecule has 0 amide bonds. The van der Waals surface area contributed by atoms with Crippen molar-refractivity contribution in [3.8, 4) is 0 Å². The molecular formula is C16H21F3N2. The molecular weight excluding hydrogens is 277 g/mol. The summed E-state index contributed by atoms with van der Waals surface area (Å²) in [5.74, 6) is 0.564. The van der Waals surface area contributed by atoms with E-state index in [2.05, 4.69) is 0 Å². The topological polar surface area (TPSA) is 29.3 Å². The van der Waals surface area contributed by atoms with Gasteiger partial charge in [0, 0.05) is 24.8 Å². The minimum Gasteiger partial charge on any atom is -0.368 e. The highest BCUT2D eigenvalue weighted by molar-refractivity contribution is 5.58. The van der Waals surface area contributed by atoms with Crippen LogP contribution in [0.1, 0.15) is 43.2 Å². The summed E-state index contributed by atoms with van der Waals surface area (Å²) in [6.07, 6.45) is 1.20. The van der Waals surface area contributed by atoms with E-state index in [1.54, 1.807) is 12.1 Å². The lowest BCUT2D eigenvalue weighted by Crippen LogP contribution is -2.36. The van der Waals surface area contributed by atoms with Crippen LogP contribution >= 0.6 is 0 Å². The van der Waals surface area contributed by atoms with Crippen LogP contribution in [0.4, 0.5) is 18.9 Å². The van der Waals surface area contributed by atoms with Crippen LogP contribution < -0.4 is 10.6 Å². The van der Waals surface area contributed by atoms with Crippen molar-refractivity contribution < 1.29 is 13.2 Å². The summed E-state index contributed by atoms with van der Waals surface area (Å²) in [4.78, 5) is 1.99. The number of fused-ring (bicyclic) bond motifs is 1. The van der Waals surface area contributed by atoms with Crippen molar-refractivity contribution in [1.82, 2.24) is 0 Å². The van der Waals surface area contributed by atoms with Crippen LogP contribution in [0.3, 0.4) is 0 Å². The fraction of sp³-hybridized carbons (Fsp3) is 0.625. The van der Waals surface area contributed by atoms with Crippen LogP contribution in [0.25, 0.3) is 0 Å². The van der Waals surface area contributed by atoms with Crippen LogP contribution in [-0.2, 0) is 12.7 Å². The predicted molar refractivity (Wildman–Crippen MR) is 77.0 cm³/mol. The molecule has 0 bridgehead atoms. The number of hydrogen-bond donors (Lipinski definition) is 1. The minimum absolute atomic E-state index is 0.134. The van der Waals surface area contributed by atoms with Crippen LogP contribution in [0.15, 0.2) is 18.2 Å². The Kier molecular flexibility index (Phi) is 3.86. The number of halogens is 3. The normalized spacial score (nSPS) is 26.0. The van der Waals surface area contributed by atoms with E-state index in [0.717, 1.165) is 32.2 Å². The third-order valence-electron chi connectivity index (χ3n) is 4.92. The number of nitrogens with zero attached hydrogens (tertiary/aromatic N) is 1. The molecule has 1 heterocycles. The molecule has 2 fully saturated rings. The molecule has 1 saturated heterocycles. The van der Waals surface area contributed by atoms with Crippen molar-refractivity contribution >= 4 is 5.69 Å². The summed E-state index contributed by atoms with van der Waals surface area (Å²) in [5.41, 5.74) is 5.83. The van der Waals surface area contributed by atoms with Gasteiger partial charge in [-0.25, -0.2) is 0 Å². The molecule has 0 spiro atoms. The average molecular weight is 298 g/mol. The molecule has 1 saturated carbocycles. The molecule has 116 valence electrons. The maximum Gasteiger partial charge on any atom is 0.418 e. The van der Waals surface area contributed by atoms with Gasteiger partial charge in [0.05, 0.1) is 5.56 Å². The molecule has 2 aliphatic rings. The second kappa shape index (κ2) is 5.52. The first-order chi connectivity index (χ1) is 10.0. The molecule has 2 atom stereocenters. The Morgan fingerprint density at radius 3 is 2.62 bits per heavy atom. The van der Waals surface area contributed by atoms with Crippen LogP contribution in [0.2, 0.25) is 0 Å². The Morgan fingerprint density at radius 2 is 1.90 bits per heavy atom. The van der Waals surface area contributed by atoms with E-state index in [1.807, 2.05) is 4.90 Å². The summed E-state index contributed by atoms with van der Waals surface area (Å²) in [7, 11) is 0. The van der Waals surface area contributed by atoms with E-state index < -0.39 is 11.7 Å². The van der Waals surface area contributed by atoms with Crippen molar-refractivity contribution in [3.05, 3.63) is 29.3 Å². The molecule has 0 radical (unpaired) electrons. The SMILES string of the molecule is NCc1ccc(N2CCC3CCCCC32)c(C(F)(F)F)c1. The number of nitrogens with two attached hydrogens (primary N) is 1. The lowest BCUT2D eigenvalue weighted by Gasteiger charge is -2.34. The largest absolute Gasteiger partial charge is 0.418 e. The molecule has 21 heavy (non-hydrogen) atoms. The summed E-state index contributed by atoms with van der Waals surface area (Å²) in [6, 6.07) is 4.83. The molecule has 0 aromatic heterocycles. The lowest BCUT2D eigenvalue weighted by molar-refractivity contribution is -0.137. The Bertz CT molecular complexity index is 513. The second-order valence-electron chi connectivity index (χ2n) is 6.15. The average Bonchev–Trinajstić information content (AvgIpc) is 2.89. The Balaban J connectivity index is 1.98. The number of alkyl halides is 3. The minimum atomic E-state index is -4.33. The van der Waals surface area contributed by atoms with Crippen LogP contribution in [-0.4, -0.2) is 12.6 Å². The predicted octanol–water partition coefficient (Wildman–Crippen LogP) is 3.93. The Labute approximate surface area is 123 Å². The Morgan fingerprint density at radius 1 is 1.14 bits per heavy atom. The molecule has 2 unspecified atom stereocenters. The molecule has 2 N–H and O–H groups in total. The van der Waals surface area contributed by atoms with Gasteiger partial charge in [-0.3, -0.25) is 0 Å². The van der Waals surface area contributed by atoms with Gasteiger partial charge in [-0.1, -0.05) is 18.9 Å². The van der Waals surface area contributed by atoms with Gasteiger partial charge < -0.3 is 10.6 Å². The Hall–Kier alpha value is -1.23. The fourth-order valence-corrected chi connectivity index (χ4v) is 3.89. The quantitative estimate of drug-likeness (QED) is 0.896. The van der Waals surface area contributed by atoms with Gasteiger partial charge in [-0.05, 0) is 42.9 Å². The first kappa shape index (κ1) is 14.7. The summed E-state index contributed by atoms with van der Waals surface area (Å²) >= 11 is 0. The molecule has 2 nitrogen and oxygen atoms in total. The lowest BCUT2D eigenvalue weighted by atomic mass is 9.85. The van der Waals surface area contributed by atoms with Gasteiger partial charge in [0.25, 0.3) is 0 Å². The summed E-state index contributed by atoms with van der Waals surface area (Å²) in [5, 5.41) is 0. The molecule has 1 aromatic carbocycles. The summed E-state index contributed by atoms with van der Waals surface area (Å²) in [6.45, 7) is 0.871. The van der Waals surface area contributed by atoms with Gasteiger partial charge in [0.1, 0.15) is 0 Å². The van der Waals surface area contributed by atoms with E-state index in [1.165, 1.54) is 12.5 Å². The van der Waals surface area contributed by atoms with E-state index in [-0.39, 0.29) is 12.6 Å². The number of anilines is 1. The maximum atomic E-state index is 13.4. The zero-order valence-electron chi connectivity index (χ0n) is 12.0. The highest BCUT2D eigenvalue weighted by Gasteiger charge is 2.41. The van der Waals surface area contributed by atoms with Crippen molar-refractivity contribution in [2.45, 2.75) is 50.9 Å². The van der Waals surface area contributed by atoms with E-state index in [9.17, 15) is 13.2 Å². The molecule has 1 aliphatic carbocycles. The van der Waals surface area contributed by atoms with E-state index >= 15 is 0 Å². The van der Waals surface area contributed by atoms with Crippen molar-refractivity contribution in [1.29, 1.82) is 0 Å². The zero-order valence-corrected chi connectivity index (χ0v) is 12.0. The molecule has 3 rings (SSSR count). The van der Waals surface area contributed by atoms with E-state index in [0.29, 0.717) is 17.2 Å². The van der Waals surface area contributed by atoms with Gasteiger partial charge >= 0.3 is 6.18 Å². The van der Waals surface area contributed by atoms with Gasteiger partial charge in [-0.15, -0.1) is 0 Å². The second-order valence-corrected chi connectivity index (χ2v) is 6.15. The monoisotopic (exact) mass is 298 g/mol. The van der Waals surface area contributed by atoms with Gasteiger partial charge in [0.15, 0.2) is 0 Å².